The number of fused-ring (bicyclic) bond motifs is 1. The molecule has 5 heteroatoms. The molecule has 4 aromatic rings. The summed E-state index contributed by atoms with van der Waals surface area (Å²) in [5.74, 6) is 0.222. The molecular formula is C18H12ClN3O. The number of halogens is 1. The third kappa shape index (κ3) is 2.53. The van der Waals surface area contributed by atoms with Crippen LogP contribution >= 0.6 is 11.6 Å². The van der Waals surface area contributed by atoms with E-state index in [1.165, 1.54) is 0 Å². The maximum absolute atomic E-state index is 10.1. The molecule has 1 heterocycles. The Labute approximate surface area is 137 Å². The molecule has 0 aliphatic heterocycles. The first-order valence-electron chi connectivity index (χ1n) is 7.12. The molecule has 4 rings (SSSR count). The van der Waals surface area contributed by atoms with E-state index in [0.717, 1.165) is 27.8 Å². The summed E-state index contributed by atoms with van der Waals surface area (Å²) < 4.78 is 0. The maximum Gasteiger partial charge on any atom is 0.123 e. The minimum absolute atomic E-state index is 0.222. The predicted molar refractivity (Wildman–Crippen MR) is 91.0 cm³/mol. The van der Waals surface area contributed by atoms with Gasteiger partial charge in [0.15, 0.2) is 0 Å². The van der Waals surface area contributed by atoms with E-state index >= 15 is 0 Å². The Kier molecular flexibility index (Phi) is 3.24. The number of benzene rings is 3. The molecule has 0 aliphatic rings. The molecule has 0 saturated carbocycles. The highest BCUT2D eigenvalue weighted by atomic mass is 35.5. The lowest BCUT2D eigenvalue weighted by Crippen LogP contribution is -1.98. The van der Waals surface area contributed by atoms with Crippen LogP contribution in [0, 0.1) is 0 Å². The Morgan fingerprint density at radius 1 is 0.826 bits per heavy atom. The van der Waals surface area contributed by atoms with Gasteiger partial charge in [0, 0.05) is 10.6 Å². The molecule has 0 amide bonds. The Morgan fingerprint density at radius 3 is 2.43 bits per heavy atom. The number of aromatic hydroxyl groups is 1. The molecular weight excluding hydrogens is 310 g/mol. The first kappa shape index (κ1) is 13.8. The van der Waals surface area contributed by atoms with Crippen LogP contribution in [0.1, 0.15) is 0 Å². The van der Waals surface area contributed by atoms with Crippen LogP contribution in [-0.2, 0) is 0 Å². The number of phenolic OH excluding ortho intramolecular Hbond substituents is 1. The second-order valence-corrected chi connectivity index (χ2v) is 5.63. The fourth-order valence-electron chi connectivity index (χ4n) is 2.50. The first-order chi connectivity index (χ1) is 11.2. The average Bonchev–Trinajstić information content (AvgIpc) is 2.99. The van der Waals surface area contributed by atoms with Gasteiger partial charge in [-0.05, 0) is 42.0 Å². The van der Waals surface area contributed by atoms with Gasteiger partial charge in [-0.15, -0.1) is 10.2 Å². The highest BCUT2D eigenvalue weighted by molar-refractivity contribution is 6.31. The number of rotatable bonds is 2. The van der Waals surface area contributed by atoms with Crippen LogP contribution in [-0.4, -0.2) is 20.1 Å². The zero-order valence-corrected chi connectivity index (χ0v) is 12.8. The quantitative estimate of drug-likeness (QED) is 0.593. The first-order valence-corrected chi connectivity index (χ1v) is 7.50. The van der Waals surface area contributed by atoms with Crippen LogP contribution in [0.3, 0.4) is 0 Å². The molecule has 23 heavy (non-hydrogen) atoms. The van der Waals surface area contributed by atoms with Crippen LogP contribution in [0.4, 0.5) is 0 Å². The summed E-state index contributed by atoms with van der Waals surface area (Å²) >= 11 is 5.99. The van der Waals surface area contributed by atoms with E-state index in [-0.39, 0.29) is 5.75 Å². The monoisotopic (exact) mass is 321 g/mol. The summed E-state index contributed by atoms with van der Waals surface area (Å²) in [7, 11) is 0. The third-order valence-corrected chi connectivity index (χ3v) is 3.87. The molecule has 112 valence electrons. The molecule has 0 unspecified atom stereocenters. The molecule has 0 radical (unpaired) electrons. The summed E-state index contributed by atoms with van der Waals surface area (Å²) in [5.41, 5.74) is 3.94. The van der Waals surface area contributed by atoms with Crippen LogP contribution in [0.15, 0.2) is 66.7 Å². The lowest BCUT2D eigenvalue weighted by molar-refractivity contribution is 0.477. The molecule has 0 fully saturated rings. The number of phenols is 1. The van der Waals surface area contributed by atoms with Gasteiger partial charge in [0.2, 0.25) is 0 Å². The second-order valence-electron chi connectivity index (χ2n) is 5.19. The molecule has 4 nitrogen and oxygen atoms in total. The van der Waals surface area contributed by atoms with Gasteiger partial charge in [-0.25, -0.2) is 0 Å². The Balaban J connectivity index is 1.85. The van der Waals surface area contributed by atoms with Crippen molar-refractivity contribution in [2.45, 2.75) is 0 Å². The van der Waals surface area contributed by atoms with Gasteiger partial charge < -0.3 is 5.11 Å². The second kappa shape index (κ2) is 5.41. The zero-order chi connectivity index (χ0) is 15.8. The minimum atomic E-state index is 0.222. The van der Waals surface area contributed by atoms with Gasteiger partial charge in [0.25, 0.3) is 0 Å². The highest BCUT2D eigenvalue weighted by Gasteiger charge is 2.09. The van der Waals surface area contributed by atoms with Gasteiger partial charge in [0.1, 0.15) is 16.8 Å². The van der Waals surface area contributed by atoms with E-state index in [1.54, 1.807) is 29.1 Å². The number of hydrogen-bond acceptors (Lipinski definition) is 3. The fraction of sp³-hybridized carbons (Fsp3) is 0. The smallest absolute Gasteiger partial charge is 0.123 e. The van der Waals surface area contributed by atoms with Crippen molar-refractivity contribution >= 4 is 22.6 Å². The predicted octanol–water partition coefficient (Wildman–Crippen LogP) is 4.45. The van der Waals surface area contributed by atoms with Crippen molar-refractivity contribution in [1.82, 2.24) is 15.0 Å². The van der Waals surface area contributed by atoms with Crippen molar-refractivity contribution in [1.29, 1.82) is 0 Å². The standard InChI is InChI=1S/C18H12ClN3O/c19-13-6-8-16-17(10-13)21-22(20-16)14-7-9-18(23)15(11-14)12-4-2-1-3-5-12/h1-11,23H. The summed E-state index contributed by atoms with van der Waals surface area (Å²) in [6.07, 6.45) is 0. The van der Waals surface area contributed by atoms with Crippen molar-refractivity contribution < 1.29 is 5.11 Å². The van der Waals surface area contributed by atoms with Crippen molar-refractivity contribution in [2.75, 3.05) is 0 Å². The van der Waals surface area contributed by atoms with Gasteiger partial charge in [-0.3, -0.25) is 0 Å². The van der Waals surface area contributed by atoms with Gasteiger partial charge in [-0.1, -0.05) is 41.9 Å². The van der Waals surface area contributed by atoms with Crippen molar-refractivity contribution in [2.24, 2.45) is 0 Å². The lowest BCUT2D eigenvalue weighted by Gasteiger charge is -2.07. The van der Waals surface area contributed by atoms with Crippen LogP contribution in [0.2, 0.25) is 5.02 Å². The maximum atomic E-state index is 10.1. The van der Waals surface area contributed by atoms with Crippen LogP contribution < -0.4 is 0 Å². The van der Waals surface area contributed by atoms with E-state index < -0.39 is 0 Å². The van der Waals surface area contributed by atoms with Gasteiger partial charge in [0.05, 0.1) is 5.69 Å². The Bertz CT molecular complexity index is 996. The highest BCUT2D eigenvalue weighted by Crippen LogP contribution is 2.31. The van der Waals surface area contributed by atoms with E-state index in [1.807, 2.05) is 42.5 Å². The lowest BCUT2D eigenvalue weighted by atomic mass is 10.0. The fourth-order valence-corrected chi connectivity index (χ4v) is 2.67. The number of aromatic nitrogens is 3. The van der Waals surface area contributed by atoms with E-state index in [9.17, 15) is 5.11 Å². The van der Waals surface area contributed by atoms with E-state index in [4.69, 9.17) is 11.6 Å². The molecule has 1 N–H and O–H groups in total. The minimum Gasteiger partial charge on any atom is -0.507 e. The van der Waals surface area contributed by atoms with Crippen molar-refractivity contribution in [3.63, 3.8) is 0 Å². The summed E-state index contributed by atoms with van der Waals surface area (Å²) in [6.45, 7) is 0. The van der Waals surface area contributed by atoms with Crippen LogP contribution in [0.5, 0.6) is 5.75 Å². The van der Waals surface area contributed by atoms with Gasteiger partial charge >= 0.3 is 0 Å². The molecule has 3 aromatic carbocycles. The molecule has 0 spiro atoms. The molecule has 0 aliphatic carbocycles. The zero-order valence-electron chi connectivity index (χ0n) is 12.0. The normalized spacial score (nSPS) is 11.0. The molecule has 0 bridgehead atoms. The van der Waals surface area contributed by atoms with E-state index in [2.05, 4.69) is 10.2 Å². The van der Waals surface area contributed by atoms with Gasteiger partial charge in [-0.2, -0.15) is 4.80 Å². The Hall–Kier alpha value is -2.85. The SMILES string of the molecule is Oc1ccc(-n2nc3ccc(Cl)cc3n2)cc1-c1ccccc1. The van der Waals surface area contributed by atoms with Crippen molar-refractivity contribution in [3.8, 4) is 22.6 Å². The Morgan fingerprint density at radius 2 is 1.61 bits per heavy atom. The van der Waals surface area contributed by atoms with Crippen LogP contribution in [0.25, 0.3) is 27.8 Å². The summed E-state index contributed by atoms with van der Waals surface area (Å²) in [6, 6.07) is 20.4. The summed E-state index contributed by atoms with van der Waals surface area (Å²) in [4.78, 5) is 1.55. The molecule has 0 atom stereocenters. The van der Waals surface area contributed by atoms with Crippen molar-refractivity contribution in [3.05, 3.63) is 71.8 Å². The third-order valence-electron chi connectivity index (χ3n) is 3.64. The average molecular weight is 322 g/mol. The number of hydrogen-bond donors (Lipinski definition) is 1. The largest absolute Gasteiger partial charge is 0.507 e. The number of nitrogens with zero attached hydrogens (tertiary/aromatic N) is 3. The molecule has 1 aromatic heterocycles. The molecule has 0 saturated heterocycles. The van der Waals surface area contributed by atoms with E-state index in [0.29, 0.717) is 5.02 Å². The summed E-state index contributed by atoms with van der Waals surface area (Å²) in [5, 5.41) is 19.7. The topological polar surface area (TPSA) is 50.9 Å².